The number of carbonyl (C=O) groups is 1. The average molecular weight is 327 g/mol. The van der Waals surface area contributed by atoms with Crippen LogP contribution in [0.2, 0.25) is 0 Å². The van der Waals surface area contributed by atoms with Crippen molar-refractivity contribution in [2.75, 3.05) is 12.3 Å². The number of halogens is 1. The molecule has 0 aliphatic rings. The van der Waals surface area contributed by atoms with Crippen LogP contribution in [-0.4, -0.2) is 23.4 Å². The number of rotatable bonds is 6. The Hall–Kier alpha value is -1.03. The zero-order valence-corrected chi connectivity index (χ0v) is 13.5. The molecule has 106 valence electrons. The van der Waals surface area contributed by atoms with Gasteiger partial charge < -0.3 is 10.6 Å². The maximum Gasteiger partial charge on any atom is 0.256 e. The van der Waals surface area contributed by atoms with Gasteiger partial charge in [-0.1, -0.05) is 35.7 Å². The second-order valence-electron chi connectivity index (χ2n) is 5.03. The Balaban J connectivity index is 2.89. The molecule has 2 N–H and O–H groups in total. The fourth-order valence-electron chi connectivity index (χ4n) is 1.99. The summed E-state index contributed by atoms with van der Waals surface area (Å²) >= 11 is 3.39. The van der Waals surface area contributed by atoms with Crippen LogP contribution in [0.4, 0.5) is 5.69 Å². The van der Waals surface area contributed by atoms with Crippen molar-refractivity contribution in [3.63, 3.8) is 0 Å². The molecule has 3 nitrogen and oxygen atoms in total. The Kier molecular flexibility index (Phi) is 6.35. The number of hydrogen-bond donors (Lipinski definition) is 1. The van der Waals surface area contributed by atoms with Crippen LogP contribution in [-0.2, 0) is 0 Å². The van der Waals surface area contributed by atoms with Gasteiger partial charge in [0.15, 0.2) is 0 Å². The highest BCUT2D eigenvalue weighted by Crippen LogP contribution is 2.21. The van der Waals surface area contributed by atoms with Gasteiger partial charge in [0.05, 0.1) is 5.56 Å². The zero-order chi connectivity index (χ0) is 14.4. The first-order chi connectivity index (χ1) is 8.97. The molecule has 0 saturated heterocycles. The molecule has 4 heteroatoms. The van der Waals surface area contributed by atoms with E-state index in [9.17, 15) is 4.79 Å². The van der Waals surface area contributed by atoms with Crippen molar-refractivity contribution < 1.29 is 4.79 Å². The smallest absolute Gasteiger partial charge is 0.256 e. The second-order valence-corrected chi connectivity index (χ2v) is 5.95. The van der Waals surface area contributed by atoms with Gasteiger partial charge in [-0.15, -0.1) is 0 Å². The molecule has 0 spiro atoms. The van der Waals surface area contributed by atoms with Gasteiger partial charge in [0.2, 0.25) is 0 Å². The molecule has 19 heavy (non-hydrogen) atoms. The fourth-order valence-corrected chi connectivity index (χ4v) is 2.36. The molecule has 0 saturated carbocycles. The molecule has 0 atom stereocenters. The summed E-state index contributed by atoms with van der Waals surface area (Å²) in [6.45, 7) is 7.03. The lowest BCUT2D eigenvalue weighted by Crippen LogP contribution is -2.38. The molecule has 1 rings (SSSR count). The van der Waals surface area contributed by atoms with Crippen LogP contribution >= 0.6 is 15.9 Å². The molecular formula is C15H23BrN2O. The monoisotopic (exact) mass is 326 g/mol. The van der Waals surface area contributed by atoms with Crippen molar-refractivity contribution in [3.8, 4) is 0 Å². The molecule has 0 aromatic heterocycles. The highest BCUT2D eigenvalue weighted by Gasteiger charge is 2.20. The first-order valence-corrected chi connectivity index (χ1v) is 7.62. The van der Waals surface area contributed by atoms with Crippen molar-refractivity contribution in [1.29, 1.82) is 0 Å². The van der Waals surface area contributed by atoms with Gasteiger partial charge in [-0.25, -0.2) is 0 Å². The number of carbonyl (C=O) groups excluding carboxylic acids is 1. The molecule has 1 amide bonds. The molecule has 0 unspecified atom stereocenters. The number of nitrogen functional groups attached to an aromatic ring is 1. The van der Waals surface area contributed by atoms with E-state index < -0.39 is 0 Å². The summed E-state index contributed by atoms with van der Waals surface area (Å²) in [6.07, 6.45) is 3.33. The standard InChI is InChI=1S/C15H23BrN2O/c1-4-5-6-9-18(11(2)3)15(19)13-10-12(16)7-8-14(13)17/h7-8,10-11H,4-6,9,17H2,1-3H3. The van der Waals surface area contributed by atoms with Crippen LogP contribution < -0.4 is 5.73 Å². The highest BCUT2D eigenvalue weighted by molar-refractivity contribution is 9.10. The van der Waals surface area contributed by atoms with Crippen molar-refractivity contribution in [2.45, 2.75) is 46.1 Å². The van der Waals surface area contributed by atoms with E-state index in [0.29, 0.717) is 11.3 Å². The van der Waals surface area contributed by atoms with Crippen LogP contribution in [0.15, 0.2) is 22.7 Å². The maximum absolute atomic E-state index is 12.6. The lowest BCUT2D eigenvalue weighted by Gasteiger charge is -2.27. The first kappa shape index (κ1) is 16.0. The summed E-state index contributed by atoms with van der Waals surface area (Å²) in [7, 11) is 0. The van der Waals surface area contributed by atoms with Gasteiger partial charge in [0, 0.05) is 22.7 Å². The Morgan fingerprint density at radius 2 is 2.05 bits per heavy atom. The fraction of sp³-hybridized carbons (Fsp3) is 0.533. The average Bonchev–Trinajstić information content (AvgIpc) is 2.36. The number of unbranched alkanes of at least 4 members (excludes halogenated alkanes) is 2. The minimum atomic E-state index is 0.0184. The lowest BCUT2D eigenvalue weighted by atomic mass is 10.1. The molecule has 0 fully saturated rings. The Morgan fingerprint density at radius 1 is 1.37 bits per heavy atom. The number of nitrogens with zero attached hydrogens (tertiary/aromatic N) is 1. The third-order valence-corrected chi connectivity index (χ3v) is 3.63. The Morgan fingerprint density at radius 3 is 2.63 bits per heavy atom. The van der Waals surface area contributed by atoms with E-state index in [1.54, 1.807) is 12.1 Å². The summed E-state index contributed by atoms with van der Waals surface area (Å²) in [5.74, 6) is 0.0184. The zero-order valence-electron chi connectivity index (χ0n) is 11.9. The van der Waals surface area contributed by atoms with E-state index in [-0.39, 0.29) is 11.9 Å². The van der Waals surface area contributed by atoms with E-state index >= 15 is 0 Å². The second kappa shape index (κ2) is 7.53. The predicted molar refractivity (Wildman–Crippen MR) is 84.3 cm³/mol. The number of amides is 1. The van der Waals surface area contributed by atoms with Crippen LogP contribution in [0.5, 0.6) is 0 Å². The highest BCUT2D eigenvalue weighted by atomic mass is 79.9. The van der Waals surface area contributed by atoms with Crippen LogP contribution in [0.25, 0.3) is 0 Å². The van der Waals surface area contributed by atoms with Crippen LogP contribution in [0.3, 0.4) is 0 Å². The van der Waals surface area contributed by atoms with Crippen LogP contribution in [0.1, 0.15) is 50.4 Å². The van der Waals surface area contributed by atoms with E-state index in [4.69, 9.17) is 5.73 Å². The van der Waals surface area contributed by atoms with Crippen molar-refractivity contribution in [2.24, 2.45) is 0 Å². The van der Waals surface area contributed by atoms with Gasteiger partial charge >= 0.3 is 0 Å². The van der Waals surface area contributed by atoms with Crippen molar-refractivity contribution in [1.82, 2.24) is 4.90 Å². The van der Waals surface area contributed by atoms with E-state index in [0.717, 1.165) is 30.3 Å². The van der Waals surface area contributed by atoms with E-state index in [1.807, 2.05) is 24.8 Å². The van der Waals surface area contributed by atoms with Crippen molar-refractivity contribution in [3.05, 3.63) is 28.2 Å². The summed E-state index contributed by atoms with van der Waals surface area (Å²) < 4.78 is 0.877. The van der Waals surface area contributed by atoms with E-state index in [2.05, 4.69) is 22.9 Å². The van der Waals surface area contributed by atoms with Gasteiger partial charge in [-0.2, -0.15) is 0 Å². The van der Waals surface area contributed by atoms with Gasteiger partial charge in [0.25, 0.3) is 5.91 Å². The number of anilines is 1. The van der Waals surface area contributed by atoms with Gasteiger partial charge in [-0.3, -0.25) is 4.79 Å². The minimum absolute atomic E-state index is 0.0184. The normalized spacial score (nSPS) is 10.8. The van der Waals surface area contributed by atoms with E-state index in [1.165, 1.54) is 0 Å². The third-order valence-electron chi connectivity index (χ3n) is 3.13. The third kappa shape index (κ3) is 4.53. The molecule has 0 heterocycles. The SMILES string of the molecule is CCCCCN(C(=O)c1cc(Br)ccc1N)C(C)C. The molecular weight excluding hydrogens is 304 g/mol. The van der Waals surface area contributed by atoms with Gasteiger partial charge in [0.1, 0.15) is 0 Å². The summed E-state index contributed by atoms with van der Waals surface area (Å²) in [6, 6.07) is 5.60. The van der Waals surface area contributed by atoms with Crippen molar-refractivity contribution >= 4 is 27.5 Å². The van der Waals surface area contributed by atoms with Gasteiger partial charge in [-0.05, 0) is 38.5 Å². The number of hydrogen-bond acceptors (Lipinski definition) is 2. The first-order valence-electron chi connectivity index (χ1n) is 6.83. The molecule has 0 radical (unpaired) electrons. The quantitative estimate of drug-likeness (QED) is 0.632. The maximum atomic E-state index is 12.6. The molecule has 0 bridgehead atoms. The molecule has 1 aromatic carbocycles. The lowest BCUT2D eigenvalue weighted by molar-refractivity contribution is 0.0703. The topological polar surface area (TPSA) is 46.3 Å². The predicted octanol–water partition coefficient (Wildman–Crippen LogP) is 4.07. The summed E-state index contributed by atoms with van der Waals surface area (Å²) in [5, 5.41) is 0. The Bertz CT molecular complexity index is 432. The van der Waals surface area contributed by atoms with Crippen LogP contribution in [0, 0.1) is 0 Å². The minimum Gasteiger partial charge on any atom is -0.398 e. The Labute approximate surface area is 124 Å². The summed E-state index contributed by atoms with van der Waals surface area (Å²) in [4.78, 5) is 14.5. The number of nitrogens with two attached hydrogens (primary N) is 1. The molecule has 0 aliphatic heterocycles. The summed E-state index contributed by atoms with van der Waals surface area (Å²) in [5.41, 5.74) is 7.03. The molecule has 0 aliphatic carbocycles. The largest absolute Gasteiger partial charge is 0.398 e. The molecule has 1 aromatic rings. The number of benzene rings is 1.